The molecule has 0 bridgehead atoms. The van der Waals surface area contributed by atoms with E-state index in [0.717, 1.165) is 12.8 Å². The summed E-state index contributed by atoms with van der Waals surface area (Å²) in [5, 5.41) is 5.79. The summed E-state index contributed by atoms with van der Waals surface area (Å²) in [6, 6.07) is 19.1. The molecule has 0 aliphatic heterocycles. The van der Waals surface area contributed by atoms with Crippen molar-refractivity contribution in [3.05, 3.63) is 87.0 Å². The van der Waals surface area contributed by atoms with Gasteiger partial charge in [0.05, 0.1) is 17.0 Å². The van der Waals surface area contributed by atoms with E-state index in [0.29, 0.717) is 32.6 Å². The lowest BCUT2D eigenvalue weighted by Crippen LogP contribution is -2.27. The molecule has 0 saturated carbocycles. The SMILES string of the molecule is O=C(CSc1nc2ccsc2c(=O)n1-c1cccc(Cl)c1)NCCCc1ccccc1. The molecule has 0 aliphatic rings. The molecule has 0 aliphatic carbocycles. The lowest BCUT2D eigenvalue weighted by atomic mass is 10.1. The molecule has 31 heavy (non-hydrogen) atoms. The Kier molecular flexibility index (Phi) is 7.06. The number of hydrogen-bond donors (Lipinski definition) is 1. The zero-order valence-corrected chi connectivity index (χ0v) is 19.0. The minimum Gasteiger partial charge on any atom is -0.355 e. The zero-order chi connectivity index (χ0) is 21.6. The molecule has 0 spiro atoms. The highest BCUT2D eigenvalue weighted by Crippen LogP contribution is 2.24. The molecule has 0 unspecified atom stereocenters. The van der Waals surface area contributed by atoms with Crippen molar-refractivity contribution < 1.29 is 4.79 Å². The molecule has 0 radical (unpaired) electrons. The third-order valence-corrected chi connectivity index (χ3v) is 6.72. The summed E-state index contributed by atoms with van der Waals surface area (Å²) in [5.74, 6) is 0.0870. The van der Waals surface area contributed by atoms with Gasteiger partial charge < -0.3 is 5.32 Å². The Bertz CT molecular complexity index is 1250. The van der Waals surface area contributed by atoms with Gasteiger partial charge >= 0.3 is 0 Å². The fourth-order valence-electron chi connectivity index (χ4n) is 3.18. The number of carbonyl (C=O) groups excluding carboxylic acids is 1. The summed E-state index contributed by atoms with van der Waals surface area (Å²) in [6.07, 6.45) is 1.78. The maximum atomic E-state index is 13.1. The zero-order valence-electron chi connectivity index (χ0n) is 16.6. The summed E-state index contributed by atoms with van der Waals surface area (Å²) in [7, 11) is 0. The first-order chi connectivity index (χ1) is 15.1. The molecular weight excluding hydrogens is 450 g/mol. The van der Waals surface area contributed by atoms with E-state index in [1.54, 1.807) is 18.2 Å². The van der Waals surface area contributed by atoms with Crippen LogP contribution in [-0.4, -0.2) is 27.8 Å². The van der Waals surface area contributed by atoms with E-state index in [2.05, 4.69) is 22.4 Å². The quantitative estimate of drug-likeness (QED) is 0.225. The number of fused-ring (bicyclic) bond motifs is 1. The summed E-state index contributed by atoms with van der Waals surface area (Å²) < 4.78 is 2.10. The van der Waals surface area contributed by atoms with Gasteiger partial charge in [-0.1, -0.05) is 59.8 Å². The topological polar surface area (TPSA) is 64.0 Å². The van der Waals surface area contributed by atoms with Crippen molar-refractivity contribution in [3.63, 3.8) is 0 Å². The number of nitrogens with zero attached hydrogens (tertiary/aromatic N) is 2. The van der Waals surface area contributed by atoms with Crippen LogP contribution in [0.3, 0.4) is 0 Å². The average molecular weight is 470 g/mol. The monoisotopic (exact) mass is 469 g/mol. The Morgan fingerprint density at radius 3 is 2.77 bits per heavy atom. The Hall–Kier alpha value is -2.61. The van der Waals surface area contributed by atoms with Crippen LogP contribution < -0.4 is 10.9 Å². The number of aryl methyl sites for hydroxylation is 1. The fourth-order valence-corrected chi connectivity index (χ4v) is 4.96. The van der Waals surface area contributed by atoms with E-state index in [9.17, 15) is 9.59 Å². The maximum absolute atomic E-state index is 13.1. The third kappa shape index (κ3) is 5.36. The number of benzene rings is 2. The molecule has 2 aromatic carbocycles. The van der Waals surface area contributed by atoms with E-state index in [-0.39, 0.29) is 17.2 Å². The second-order valence-corrected chi connectivity index (χ2v) is 9.17. The molecule has 8 heteroatoms. The second kappa shape index (κ2) is 10.1. The predicted octanol–water partition coefficient (Wildman–Crippen LogP) is 4.94. The molecule has 2 aromatic heterocycles. The number of thioether (sulfide) groups is 1. The number of hydrogen-bond acceptors (Lipinski definition) is 5. The molecule has 4 rings (SSSR count). The van der Waals surface area contributed by atoms with Gasteiger partial charge in [0.1, 0.15) is 4.70 Å². The number of amides is 1. The van der Waals surface area contributed by atoms with Crippen molar-refractivity contribution in [2.45, 2.75) is 18.0 Å². The Morgan fingerprint density at radius 2 is 1.97 bits per heavy atom. The number of carbonyl (C=O) groups is 1. The Morgan fingerprint density at radius 1 is 1.13 bits per heavy atom. The van der Waals surface area contributed by atoms with Gasteiger partial charge in [-0.15, -0.1) is 11.3 Å². The van der Waals surface area contributed by atoms with E-state index in [4.69, 9.17) is 11.6 Å². The van der Waals surface area contributed by atoms with Crippen LogP contribution in [0.15, 0.2) is 76.0 Å². The van der Waals surface area contributed by atoms with Crippen molar-refractivity contribution in [2.24, 2.45) is 0 Å². The van der Waals surface area contributed by atoms with Gasteiger partial charge in [0.2, 0.25) is 5.91 Å². The number of nitrogens with one attached hydrogen (secondary N) is 1. The summed E-state index contributed by atoms with van der Waals surface area (Å²) in [5.41, 5.74) is 2.36. The van der Waals surface area contributed by atoms with Crippen LogP contribution in [-0.2, 0) is 11.2 Å². The second-order valence-electron chi connectivity index (χ2n) is 6.88. The minimum atomic E-state index is -0.159. The molecule has 0 saturated heterocycles. The van der Waals surface area contributed by atoms with Crippen molar-refractivity contribution in [1.29, 1.82) is 0 Å². The van der Waals surface area contributed by atoms with Crippen LogP contribution in [0.25, 0.3) is 15.9 Å². The van der Waals surface area contributed by atoms with Crippen LogP contribution in [0.5, 0.6) is 0 Å². The number of aromatic nitrogens is 2. The molecule has 4 aromatic rings. The molecule has 0 atom stereocenters. The number of rotatable bonds is 8. The van der Waals surface area contributed by atoms with Crippen molar-refractivity contribution in [3.8, 4) is 5.69 Å². The smallest absolute Gasteiger partial charge is 0.276 e. The number of thiophene rings is 1. The van der Waals surface area contributed by atoms with Gasteiger partial charge in [0.25, 0.3) is 5.56 Å². The van der Waals surface area contributed by atoms with Crippen LogP contribution in [0, 0.1) is 0 Å². The summed E-state index contributed by atoms with van der Waals surface area (Å²) in [4.78, 5) is 30.1. The number of halogens is 1. The lowest BCUT2D eigenvalue weighted by Gasteiger charge is -2.12. The highest BCUT2D eigenvalue weighted by molar-refractivity contribution is 7.99. The first-order valence-corrected chi connectivity index (χ1v) is 12.1. The molecule has 1 N–H and O–H groups in total. The van der Waals surface area contributed by atoms with Gasteiger partial charge in [-0.25, -0.2) is 4.98 Å². The van der Waals surface area contributed by atoms with Crippen LogP contribution in [0.1, 0.15) is 12.0 Å². The minimum absolute atomic E-state index is 0.0876. The predicted molar refractivity (Wildman–Crippen MR) is 129 cm³/mol. The van der Waals surface area contributed by atoms with Gasteiger partial charge in [-0.3, -0.25) is 14.2 Å². The van der Waals surface area contributed by atoms with Gasteiger partial charge in [-0.2, -0.15) is 0 Å². The lowest BCUT2D eigenvalue weighted by molar-refractivity contribution is -0.118. The third-order valence-electron chi connectivity index (χ3n) is 4.66. The standard InChI is InChI=1S/C23H20ClN3O2S2/c24-17-9-4-10-18(14-17)27-22(29)21-19(11-13-30-21)26-23(27)31-15-20(28)25-12-5-8-16-6-2-1-3-7-16/h1-4,6-7,9-11,13-14H,5,8,12,15H2,(H,25,28). The van der Waals surface area contributed by atoms with Crippen LogP contribution in [0.4, 0.5) is 0 Å². The van der Waals surface area contributed by atoms with Crippen LogP contribution in [0.2, 0.25) is 5.02 Å². The van der Waals surface area contributed by atoms with Gasteiger partial charge in [-0.05, 0) is 48.1 Å². The molecule has 2 heterocycles. The van der Waals surface area contributed by atoms with Crippen molar-refractivity contribution >= 4 is 50.8 Å². The van der Waals surface area contributed by atoms with Crippen molar-refractivity contribution in [2.75, 3.05) is 12.3 Å². The Balaban J connectivity index is 1.44. The summed E-state index contributed by atoms with van der Waals surface area (Å²) in [6.45, 7) is 0.604. The largest absolute Gasteiger partial charge is 0.355 e. The highest BCUT2D eigenvalue weighted by Gasteiger charge is 2.16. The molecule has 5 nitrogen and oxygen atoms in total. The molecule has 1 amide bonds. The van der Waals surface area contributed by atoms with Crippen molar-refractivity contribution in [1.82, 2.24) is 14.9 Å². The summed E-state index contributed by atoms with van der Waals surface area (Å²) >= 11 is 8.73. The molecular formula is C23H20ClN3O2S2. The van der Waals surface area contributed by atoms with E-state index >= 15 is 0 Å². The normalized spacial score (nSPS) is 11.0. The first kappa shape index (κ1) is 21.6. The first-order valence-electron chi connectivity index (χ1n) is 9.81. The fraction of sp³-hybridized carbons (Fsp3) is 0.174. The van der Waals surface area contributed by atoms with E-state index in [1.807, 2.05) is 35.7 Å². The van der Waals surface area contributed by atoms with Crippen LogP contribution >= 0.6 is 34.7 Å². The van der Waals surface area contributed by atoms with E-state index in [1.165, 1.54) is 33.2 Å². The average Bonchev–Trinajstić information content (AvgIpc) is 3.25. The molecule has 0 fully saturated rings. The van der Waals surface area contributed by atoms with Gasteiger partial charge in [0, 0.05) is 11.6 Å². The van der Waals surface area contributed by atoms with Gasteiger partial charge in [0.15, 0.2) is 5.16 Å². The molecule has 158 valence electrons. The van der Waals surface area contributed by atoms with E-state index < -0.39 is 0 Å². The highest BCUT2D eigenvalue weighted by atomic mass is 35.5. The Labute approximate surface area is 193 Å². The maximum Gasteiger partial charge on any atom is 0.276 e.